The van der Waals surface area contributed by atoms with Gasteiger partial charge in [-0.3, -0.25) is 13.3 Å². The van der Waals surface area contributed by atoms with E-state index in [0.717, 1.165) is 37.0 Å². The van der Waals surface area contributed by atoms with Crippen LogP contribution in [-0.2, 0) is 17.3 Å². The Kier molecular flexibility index (Phi) is 4.70. The number of hydrogen-bond acceptors (Lipinski definition) is 3. The van der Waals surface area contributed by atoms with Gasteiger partial charge in [-0.1, -0.05) is 11.6 Å². The normalized spacial score (nSPS) is 17.9. The van der Waals surface area contributed by atoms with Crippen molar-refractivity contribution in [1.82, 2.24) is 14.5 Å². The van der Waals surface area contributed by atoms with Gasteiger partial charge >= 0.3 is 5.69 Å². The van der Waals surface area contributed by atoms with Crippen molar-refractivity contribution in [1.29, 1.82) is 0 Å². The summed E-state index contributed by atoms with van der Waals surface area (Å²) >= 11 is 6.11. The van der Waals surface area contributed by atoms with E-state index in [1.165, 1.54) is 0 Å². The topological polar surface area (TPSA) is 56.0 Å². The second kappa shape index (κ2) is 6.56. The molecule has 0 bridgehead atoms. The van der Waals surface area contributed by atoms with Gasteiger partial charge in [0.15, 0.2) is 0 Å². The molecule has 7 heteroatoms. The molecule has 1 fully saturated rings. The molecule has 1 aliphatic rings. The number of benzene rings is 1. The molecule has 0 aliphatic carbocycles. The Labute approximate surface area is 136 Å². The third kappa shape index (κ3) is 3.00. The minimum absolute atomic E-state index is 0.0189. The molecular weight excluding hydrogens is 322 g/mol. The van der Waals surface area contributed by atoms with E-state index in [2.05, 4.69) is 5.32 Å². The second-order valence-corrected chi connectivity index (χ2v) is 7.69. The van der Waals surface area contributed by atoms with Gasteiger partial charge in [0.25, 0.3) is 0 Å². The van der Waals surface area contributed by atoms with Gasteiger partial charge in [-0.05, 0) is 44.1 Å². The molecule has 0 saturated carbocycles. The van der Waals surface area contributed by atoms with Crippen LogP contribution >= 0.6 is 11.6 Å². The Hall–Kier alpha value is -1.11. The summed E-state index contributed by atoms with van der Waals surface area (Å²) in [5.74, 6) is 0.470. The zero-order valence-corrected chi connectivity index (χ0v) is 14.1. The summed E-state index contributed by atoms with van der Waals surface area (Å²) in [5, 5.41) is 3.94. The van der Waals surface area contributed by atoms with Crippen LogP contribution in [0.5, 0.6) is 0 Å². The van der Waals surface area contributed by atoms with Gasteiger partial charge in [0, 0.05) is 40.4 Å². The fourth-order valence-electron chi connectivity index (χ4n) is 3.11. The first-order valence-electron chi connectivity index (χ1n) is 7.49. The molecule has 1 aromatic carbocycles. The zero-order valence-electron chi connectivity index (χ0n) is 12.5. The van der Waals surface area contributed by atoms with Gasteiger partial charge in [-0.2, -0.15) is 0 Å². The molecule has 5 nitrogen and oxygen atoms in total. The van der Waals surface area contributed by atoms with E-state index in [1.54, 1.807) is 10.8 Å². The van der Waals surface area contributed by atoms with Crippen LogP contribution in [0.25, 0.3) is 11.0 Å². The van der Waals surface area contributed by atoms with Gasteiger partial charge in [-0.15, -0.1) is 0 Å². The highest BCUT2D eigenvalue weighted by atomic mass is 35.5. The molecule has 1 atom stereocenters. The van der Waals surface area contributed by atoms with Crippen LogP contribution in [0.1, 0.15) is 18.9 Å². The molecule has 22 heavy (non-hydrogen) atoms. The summed E-state index contributed by atoms with van der Waals surface area (Å²) < 4.78 is 15.0. The fraction of sp³-hybridized carbons (Fsp3) is 0.533. The zero-order chi connectivity index (χ0) is 15.7. The van der Waals surface area contributed by atoms with E-state index < -0.39 is 10.8 Å². The quantitative estimate of drug-likeness (QED) is 0.922. The monoisotopic (exact) mass is 341 g/mol. The van der Waals surface area contributed by atoms with Crippen molar-refractivity contribution >= 4 is 33.4 Å². The average molecular weight is 342 g/mol. The van der Waals surface area contributed by atoms with Crippen LogP contribution in [0.4, 0.5) is 0 Å². The first kappa shape index (κ1) is 15.8. The highest BCUT2D eigenvalue weighted by Gasteiger charge is 2.22. The van der Waals surface area contributed by atoms with Crippen LogP contribution in [0.3, 0.4) is 0 Å². The average Bonchev–Trinajstić information content (AvgIpc) is 2.77. The molecule has 2 heterocycles. The Morgan fingerprint density at radius 3 is 2.73 bits per heavy atom. The number of nitrogens with zero attached hydrogens (tertiary/aromatic N) is 2. The van der Waals surface area contributed by atoms with E-state index in [-0.39, 0.29) is 11.7 Å². The molecule has 1 aliphatic heterocycles. The van der Waals surface area contributed by atoms with Crippen LogP contribution in [0, 0.1) is 0 Å². The predicted molar refractivity (Wildman–Crippen MR) is 91.3 cm³/mol. The third-order valence-electron chi connectivity index (χ3n) is 4.20. The van der Waals surface area contributed by atoms with Gasteiger partial charge in [0.05, 0.1) is 11.0 Å². The van der Waals surface area contributed by atoms with Crippen molar-refractivity contribution in [2.45, 2.75) is 25.4 Å². The SMILES string of the molecule is CS(=O)CCn1c(=O)n(C2CCNCC2)c2ccc(Cl)cc21. The maximum Gasteiger partial charge on any atom is 0.329 e. The van der Waals surface area contributed by atoms with Crippen molar-refractivity contribution in [3.63, 3.8) is 0 Å². The lowest BCUT2D eigenvalue weighted by molar-refractivity contribution is 0.365. The summed E-state index contributed by atoms with van der Waals surface area (Å²) in [7, 11) is -0.930. The lowest BCUT2D eigenvalue weighted by Gasteiger charge is -2.23. The Bertz CT molecular complexity index is 762. The fourth-order valence-corrected chi connectivity index (χ4v) is 3.71. The van der Waals surface area contributed by atoms with Crippen LogP contribution in [0.2, 0.25) is 5.02 Å². The Morgan fingerprint density at radius 1 is 1.32 bits per heavy atom. The summed E-state index contributed by atoms with van der Waals surface area (Å²) in [5.41, 5.74) is 1.74. The van der Waals surface area contributed by atoms with Crippen LogP contribution in [-0.4, -0.2) is 38.4 Å². The molecule has 1 aromatic heterocycles. The van der Waals surface area contributed by atoms with E-state index in [0.29, 0.717) is 17.3 Å². The smallest absolute Gasteiger partial charge is 0.317 e. The highest BCUT2D eigenvalue weighted by molar-refractivity contribution is 7.84. The van der Waals surface area contributed by atoms with Crippen molar-refractivity contribution in [3.05, 3.63) is 33.7 Å². The third-order valence-corrected chi connectivity index (χ3v) is 5.19. The molecule has 1 N–H and O–H groups in total. The predicted octanol–water partition coefficient (Wildman–Crippen LogP) is 1.76. The van der Waals surface area contributed by atoms with E-state index in [9.17, 15) is 9.00 Å². The number of hydrogen-bond donors (Lipinski definition) is 1. The van der Waals surface area contributed by atoms with Crippen molar-refractivity contribution < 1.29 is 4.21 Å². The lowest BCUT2D eigenvalue weighted by atomic mass is 10.1. The summed E-state index contributed by atoms with van der Waals surface area (Å²) in [6.07, 6.45) is 3.55. The largest absolute Gasteiger partial charge is 0.329 e. The van der Waals surface area contributed by atoms with Crippen molar-refractivity contribution in [2.75, 3.05) is 25.1 Å². The maximum atomic E-state index is 12.9. The van der Waals surface area contributed by atoms with E-state index >= 15 is 0 Å². The number of fused-ring (bicyclic) bond motifs is 1. The molecule has 1 unspecified atom stereocenters. The second-order valence-electron chi connectivity index (χ2n) is 5.70. The molecule has 120 valence electrons. The minimum Gasteiger partial charge on any atom is -0.317 e. The van der Waals surface area contributed by atoms with Gasteiger partial charge in [-0.25, -0.2) is 4.79 Å². The standard InChI is InChI=1S/C15H20ClN3O2S/c1-22(21)9-8-18-14-10-11(16)2-3-13(14)19(15(18)20)12-4-6-17-7-5-12/h2-3,10,12,17H,4-9H2,1H3. The van der Waals surface area contributed by atoms with Crippen LogP contribution < -0.4 is 11.0 Å². The van der Waals surface area contributed by atoms with Gasteiger partial charge < -0.3 is 5.32 Å². The molecule has 2 aromatic rings. The molecule has 1 saturated heterocycles. The van der Waals surface area contributed by atoms with E-state index in [4.69, 9.17) is 11.6 Å². The van der Waals surface area contributed by atoms with Gasteiger partial charge in [0.2, 0.25) is 0 Å². The van der Waals surface area contributed by atoms with E-state index in [1.807, 2.05) is 22.8 Å². The number of aryl methyl sites for hydroxylation is 1. The Balaban J connectivity index is 2.12. The number of rotatable bonds is 4. The summed E-state index contributed by atoms with van der Waals surface area (Å²) in [6.45, 7) is 2.31. The highest BCUT2D eigenvalue weighted by Crippen LogP contribution is 2.25. The van der Waals surface area contributed by atoms with Gasteiger partial charge in [0.1, 0.15) is 0 Å². The molecule has 0 amide bonds. The first-order valence-corrected chi connectivity index (χ1v) is 9.59. The molecule has 0 spiro atoms. The first-order chi connectivity index (χ1) is 10.6. The van der Waals surface area contributed by atoms with Crippen LogP contribution in [0.15, 0.2) is 23.0 Å². The summed E-state index contributed by atoms with van der Waals surface area (Å²) in [4.78, 5) is 12.9. The summed E-state index contributed by atoms with van der Waals surface area (Å²) in [6, 6.07) is 5.78. The maximum absolute atomic E-state index is 12.9. The number of aromatic nitrogens is 2. The Morgan fingerprint density at radius 2 is 2.05 bits per heavy atom. The lowest BCUT2D eigenvalue weighted by Crippen LogP contribution is -2.35. The number of halogens is 1. The molecular formula is C15H20ClN3O2S. The molecule has 3 rings (SSSR count). The van der Waals surface area contributed by atoms with Crippen molar-refractivity contribution in [3.8, 4) is 0 Å². The van der Waals surface area contributed by atoms with Crippen molar-refractivity contribution in [2.24, 2.45) is 0 Å². The minimum atomic E-state index is -0.930. The number of imidazole rings is 1. The molecule has 0 radical (unpaired) electrons. The number of piperidine rings is 1. The number of nitrogens with one attached hydrogen (secondary N) is 1.